The molecule has 0 aromatic heterocycles. The summed E-state index contributed by atoms with van der Waals surface area (Å²) in [6, 6.07) is 0. The molecule has 1 aliphatic heterocycles. The Labute approximate surface area is 104 Å². The highest BCUT2D eigenvalue weighted by molar-refractivity contribution is 4.97. The second kappa shape index (κ2) is 4.87. The van der Waals surface area contributed by atoms with Gasteiger partial charge in [-0.25, -0.2) is 0 Å². The van der Waals surface area contributed by atoms with Crippen molar-refractivity contribution in [1.29, 1.82) is 0 Å². The van der Waals surface area contributed by atoms with E-state index in [0.29, 0.717) is 0 Å². The zero-order chi connectivity index (χ0) is 11.7. The van der Waals surface area contributed by atoms with E-state index in [-0.39, 0.29) is 5.54 Å². The standard InChI is InChI=1S/C14H26N2O/c15-9-14(6-1-7-17-10-14)16-8-13(11-2-3-11)12-4-5-12/h11-13,16H,1-10,15H2. The Morgan fingerprint density at radius 2 is 1.94 bits per heavy atom. The summed E-state index contributed by atoms with van der Waals surface area (Å²) in [6.07, 6.45) is 8.21. The smallest absolute Gasteiger partial charge is 0.0660 e. The molecule has 0 amide bonds. The fourth-order valence-electron chi connectivity index (χ4n) is 3.33. The molecule has 0 radical (unpaired) electrons. The van der Waals surface area contributed by atoms with Crippen LogP contribution in [0.5, 0.6) is 0 Å². The fourth-order valence-corrected chi connectivity index (χ4v) is 3.33. The first-order valence-electron chi connectivity index (χ1n) is 7.36. The van der Waals surface area contributed by atoms with Crippen LogP contribution in [0.2, 0.25) is 0 Å². The van der Waals surface area contributed by atoms with Gasteiger partial charge < -0.3 is 15.8 Å². The molecule has 3 N–H and O–H groups in total. The van der Waals surface area contributed by atoms with Gasteiger partial charge in [0.1, 0.15) is 0 Å². The second-order valence-electron chi connectivity index (χ2n) is 6.36. The van der Waals surface area contributed by atoms with Crippen LogP contribution >= 0.6 is 0 Å². The van der Waals surface area contributed by atoms with Crippen molar-refractivity contribution in [2.75, 3.05) is 26.3 Å². The third kappa shape index (κ3) is 2.83. The van der Waals surface area contributed by atoms with Gasteiger partial charge in [-0.3, -0.25) is 0 Å². The molecule has 0 aromatic rings. The minimum atomic E-state index is 0.0836. The Morgan fingerprint density at radius 1 is 1.24 bits per heavy atom. The van der Waals surface area contributed by atoms with Gasteiger partial charge in [0.05, 0.1) is 12.1 Å². The fraction of sp³-hybridized carbons (Fsp3) is 1.00. The summed E-state index contributed by atoms with van der Waals surface area (Å²) in [5.74, 6) is 2.98. The number of nitrogens with one attached hydrogen (secondary N) is 1. The lowest BCUT2D eigenvalue weighted by Gasteiger charge is -2.38. The van der Waals surface area contributed by atoms with E-state index < -0.39 is 0 Å². The Hall–Kier alpha value is -0.120. The van der Waals surface area contributed by atoms with E-state index in [1.54, 1.807) is 0 Å². The van der Waals surface area contributed by atoms with Crippen LogP contribution in [0.3, 0.4) is 0 Å². The highest BCUT2D eigenvalue weighted by Gasteiger charge is 2.42. The first-order valence-corrected chi connectivity index (χ1v) is 7.36. The van der Waals surface area contributed by atoms with E-state index in [4.69, 9.17) is 10.5 Å². The molecule has 2 saturated carbocycles. The van der Waals surface area contributed by atoms with Crippen LogP contribution in [0.25, 0.3) is 0 Å². The maximum atomic E-state index is 5.97. The molecule has 3 rings (SSSR count). The molecule has 0 spiro atoms. The highest BCUT2D eigenvalue weighted by atomic mass is 16.5. The predicted molar refractivity (Wildman–Crippen MR) is 68.8 cm³/mol. The average molecular weight is 238 g/mol. The molecular formula is C14H26N2O. The van der Waals surface area contributed by atoms with Gasteiger partial charge in [0.25, 0.3) is 0 Å². The monoisotopic (exact) mass is 238 g/mol. The number of nitrogens with two attached hydrogens (primary N) is 1. The second-order valence-corrected chi connectivity index (χ2v) is 6.36. The van der Waals surface area contributed by atoms with E-state index >= 15 is 0 Å². The molecule has 3 nitrogen and oxygen atoms in total. The van der Waals surface area contributed by atoms with Gasteiger partial charge in [0.2, 0.25) is 0 Å². The number of hydrogen-bond donors (Lipinski definition) is 2. The third-order valence-electron chi connectivity index (χ3n) is 4.88. The molecule has 1 atom stereocenters. The number of hydrogen-bond acceptors (Lipinski definition) is 3. The molecule has 1 unspecified atom stereocenters. The van der Waals surface area contributed by atoms with E-state index in [2.05, 4.69) is 5.32 Å². The largest absolute Gasteiger partial charge is 0.379 e. The summed E-state index contributed by atoms with van der Waals surface area (Å²) in [5, 5.41) is 3.78. The zero-order valence-electron chi connectivity index (χ0n) is 10.8. The van der Waals surface area contributed by atoms with Crippen molar-refractivity contribution in [3.63, 3.8) is 0 Å². The number of ether oxygens (including phenoxy) is 1. The van der Waals surface area contributed by atoms with Gasteiger partial charge in [-0.1, -0.05) is 0 Å². The summed E-state index contributed by atoms with van der Waals surface area (Å²) in [4.78, 5) is 0. The van der Waals surface area contributed by atoms with E-state index in [9.17, 15) is 0 Å². The molecule has 17 heavy (non-hydrogen) atoms. The molecule has 0 bridgehead atoms. The van der Waals surface area contributed by atoms with Crippen LogP contribution in [0.15, 0.2) is 0 Å². The van der Waals surface area contributed by atoms with Crippen molar-refractivity contribution in [3.05, 3.63) is 0 Å². The molecule has 1 heterocycles. The van der Waals surface area contributed by atoms with Crippen LogP contribution in [0, 0.1) is 17.8 Å². The van der Waals surface area contributed by atoms with Crippen LogP contribution in [0.4, 0.5) is 0 Å². The van der Waals surface area contributed by atoms with Crippen molar-refractivity contribution in [1.82, 2.24) is 5.32 Å². The first kappa shape index (κ1) is 11.9. The SMILES string of the molecule is NCC1(NCC(C2CC2)C2CC2)CCCOC1. The third-order valence-corrected chi connectivity index (χ3v) is 4.88. The lowest BCUT2D eigenvalue weighted by atomic mass is 9.90. The summed E-state index contributed by atoms with van der Waals surface area (Å²) in [6.45, 7) is 3.62. The van der Waals surface area contributed by atoms with Gasteiger partial charge in [0.15, 0.2) is 0 Å². The van der Waals surface area contributed by atoms with E-state index in [0.717, 1.165) is 43.9 Å². The van der Waals surface area contributed by atoms with E-state index in [1.165, 1.54) is 38.6 Å². The molecule has 0 aromatic carbocycles. The Bertz CT molecular complexity index is 243. The molecule has 3 fully saturated rings. The Balaban J connectivity index is 1.53. The summed E-state index contributed by atoms with van der Waals surface area (Å²) in [7, 11) is 0. The van der Waals surface area contributed by atoms with Crippen LogP contribution in [0.1, 0.15) is 38.5 Å². The van der Waals surface area contributed by atoms with Gasteiger partial charge >= 0.3 is 0 Å². The maximum absolute atomic E-state index is 5.97. The van der Waals surface area contributed by atoms with Crippen molar-refractivity contribution in [2.24, 2.45) is 23.5 Å². The van der Waals surface area contributed by atoms with Crippen molar-refractivity contribution in [2.45, 2.75) is 44.1 Å². The molecule has 1 saturated heterocycles. The van der Waals surface area contributed by atoms with Gasteiger partial charge in [-0.05, 0) is 62.8 Å². The quantitative estimate of drug-likeness (QED) is 0.737. The normalized spacial score (nSPS) is 34.2. The topological polar surface area (TPSA) is 47.3 Å². The van der Waals surface area contributed by atoms with E-state index in [1.807, 2.05) is 0 Å². The lowest BCUT2D eigenvalue weighted by molar-refractivity contribution is 0.0214. The predicted octanol–water partition coefficient (Wildman–Crippen LogP) is 1.52. The molecule has 2 aliphatic carbocycles. The summed E-state index contributed by atoms with van der Waals surface area (Å²) in [5.41, 5.74) is 6.05. The van der Waals surface area contributed by atoms with Crippen LogP contribution < -0.4 is 11.1 Å². The van der Waals surface area contributed by atoms with Crippen molar-refractivity contribution >= 4 is 0 Å². The maximum Gasteiger partial charge on any atom is 0.0660 e. The molecule has 98 valence electrons. The van der Waals surface area contributed by atoms with Gasteiger partial charge in [-0.15, -0.1) is 0 Å². The van der Waals surface area contributed by atoms with Crippen molar-refractivity contribution < 1.29 is 4.74 Å². The zero-order valence-corrected chi connectivity index (χ0v) is 10.8. The number of rotatable bonds is 6. The molecule has 3 aliphatic rings. The average Bonchev–Trinajstić information content (AvgIpc) is 3.24. The summed E-state index contributed by atoms with van der Waals surface area (Å²) >= 11 is 0. The first-order chi connectivity index (χ1) is 8.33. The minimum Gasteiger partial charge on any atom is -0.379 e. The minimum absolute atomic E-state index is 0.0836. The molecule has 3 heteroatoms. The molecular weight excluding hydrogens is 212 g/mol. The lowest BCUT2D eigenvalue weighted by Crippen LogP contribution is -2.57. The Morgan fingerprint density at radius 3 is 2.41 bits per heavy atom. The van der Waals surface area contributed by atoms with Gasteiger partial charge in [-0.2, -0.15) is 0 Å². The highest BCUT2D eigenvalue weighted by Crippen LogP contribution is 2.49. The summed E-state index contributed by atoms with van der Waals surface area (Å²) < 4.78 is 5.62. The Kier molecular flexibility index (Phi) is 3.42. The van der Waals surface area contributed by atoms with Gasteiger partial charge in [0, 0.05) is 13.2 Å². The van der Waals surface area contributed by atoms with Crippen LogP contribution in [-0.2, 0) is 4.74 Å². The van der Waals surface area contributed by atoms with Crippen LogP contribution in [-0.4, -0.2) is 31.8 Å². The van der Waals surface area contributed by atoms with Crippen molar-refractivity contribution in [3.8, 4) is 0 Å².